The number of ether oxygens (including phenoxy) is 1. The number of fused-ring (bicyclic) bond motifs is 1. The first-order valence-electron chi connectivity index (χ1n) is 11.8. The van der Waals surface area contributed by atoms with Crippen LogP contribution in [-0.4, -0.2) is 20.2 Å². The molecule has 1 fully saturated rings. The van der Waals surface area contributed by atoms with E-state index in [2.05, 4.69) is 22.6 Å². The van der Waals surface area contributed by atoms with Crippen molar-refractivity contribution in [1.29, 1.82) is 0 Å². The Morgan fingerprint density at radius 3 is 2.64 bits per heavy atom. The summed E-state index contributed by atoms with van der Waals surface area (Å²) in [5.41, 5.74) is 3.26. The van der Waals surface area contributed by atoms with E-state index >= 15 is 0 Å². The van der Waals surface area contributed by atoms with Crippen molar-refractivity contribution in [3.05, 3.63) is 91.0 Å². The van der Waals surface area contributed by atoms with Gasteiger partial charge in [0.25, 0.3) is 0 Å². The van der Waals surface area contributed by atoms with E-state index in [1.807, 2.05) is 22.6 Å². The summed E-state index contributed by atoms with van der Waals surface area (Å²) in [4.78, 5) is 20.4. The molecular weight excluding hydrogens is 467 g/mol. The fourth-order valence-electron chi connectivity index (χ4n) is 4.98. The molecule has 1 saturated carbocycles. The molecule has 3 aromatic heterocycles. The van der Waals surface area contributed by atoms with Crippen LogP contribution in [-0.2, 0) is 11.0 Å². The highest BCUT2D eigenvalue weighted by molar-refractivity contribution is 5.91. The van der Waals surface area contributed by atoms with Gasteiger partial charge < -0.3 is 9.14 Å². The van der Waals surface area contributed by atoms with Crippen molar-refractivity contribution in [1.82, 2.24) is 14.4 Å². The summed E-state index contributed by atoms with van der Waals surface area (Å²) in [6.07, 6.45) is 5.25. The molecule has 0 N–H and O–H groups in total. The Hall–Kier alpha value is -3.94. The lowest BCUT2D eigenvalue weighted by Gasteiger charge is -2.27. The molecule has 0 radical (unpaired) electrons. The number of halogens is 3. The molecule has 2 atom stereocenters. The number of hydrogen-bond donors (Lipinski definition) is 0. The van der Waals surface area contributed by atoms with Crippen molar-refractivity contribution < 1.29 is 22.7 Å². The van der Waals surface area contributed by atoms with Crippen LogP contribution in [0.25, 0.3) is 16.8 Å². The molecule has 2 unspecified atom stereocenters. The second-order valence-corrected chi connectivity index (χ2v) is 8.99. The molecule has 0 aliphatic heterocycles. The van der Waals surface area contributed by atoms with E-state index in [0.29, 0.717) is 5.75 Å². The molecule has 4 aromatic rings. The van der Waals surface area contributed by atoms with Crippen LogP contribution in [0.4, 0.5) is 13.2 Å². The molecule has 8 heteroatoms. The summed E-state index contributed by atoms with van der Waals surface area (Å²) in [7, 11) is 0. The third kappa shape index (κ3) is 4.76. The first-order valence-corrected chi connectivity index (χ1v) is 11.8. The SMILES string of the molecule is C=CC(=O)C1CCCC(c2cc(-c3ccc(Oc4cc(C(F)(F)F)ccn4)cc3)n3cnccc23)C1. The lowest BCUT2D eigenvalue weighted by Crippen LogP contribution is -2.20. The fourth-order valence-corrected chi connectivity index (χ4v) is 4.98. The number of rotatable bonds is 6. The van der Waals surface area contributed by atoms with Gasteiger partial charge in [0.2, 0.25) is 5.88 Å². The number of pyridine rings is 1. The Balaban J connectivity index is 1.42. The third-order valence-electron chi connectivity index (χ3n) is 6.76. The summed E-state index contributed by atoms with van der Waals surface area (Å²) in [5, 5.41) is 0. The number of allylic oxidation sites excluding steroid dienone is 1. The lowest BCUT2D eigenvalue weighted by molar-refractivity contribution is -0.137. The molecular formula is C28H24F3N3O2. The van der Waals surface area contributed by atoms with Gasteiger partial charge in [-0.1, -0.05) is 13.0 Å². The molecule has 0 saturated heterocycles. The minimum atomic E-state index is -4.47. The highest BCUT2D eigenvalue weighted by Gasteiger charge is 2.31. The maximum Gasteiger partial charge on any atom is 0.416 e. The van der Waals surface area contributed by atoms with Gasteiger partial charge in [-0.25, -0.2) is 9.97 Å². The van der Waals surface area contributed by atoms with Crippen LogP contribution in [0.15, 0.2) is 79.9 Å². The Labute approximate surface area is 206 Å². The summed E-state index contributed by atoms with van der Waals surface area (Å²) < 4.78 is 46.5. The number of benzene rings is 1. The number of carbonyl (C=O) groups is 1. The first kappa shape index (κ1) is 23.8. The largest absolute Gasteiger partial charge is 0.439 e. The number of alkyl halides is 3. The van der Waals surface area contributed by atoms with E-state index in [1.54, 1.807) is 24.7 Å². The van der Waals surface area contributed by atoms with E-state index in [1.165, 1.54) is 11.6 Å². The van der Waals surface area contributed by atoms with Crippen LogP contribution < -0.4 is 4.74 Å². The number of aromatic nitrogens is 3. The number of carbonyl (C=O) groups excluding carboxylic acids is 1. The molecule has 0 bridgehead atoms. The molecule has 0 amide bonds. The quantitative estimate of drug-likeness (QED) is 0.267. The van der Waals surface area contributed by atoms with Crippen molar-refractivity contribution in [2.24, 2.45) is 5.92 Å². The second kappa shape index (κ2) is 9.60. The second-order valence-electron chi connectivity index (χ2n) is 8.99. The fraction of sp³-hybridized carbons (Fsp3) is 0.250. The van der Waals surface area contributed by atoms with E-state index in [9.17, 15) is 18.0 Å². The van der Waals surface area contributed by atoms with E-state index in [4.69, 9.17) is 4.74 Å². The Morgan fingerprint density at radius 1 is 1.08 bits per heavy atom. The Bertz CT molecular complexity index is 1410. The maximum atomic E-state index is 13.0. The molecule has 1 aromatic carbocycles. The van der Waals surface area contributed by atoms with Crippen LogP contribution in [0.5, 0.6) is 11.6 Å². The molecule has 0 spiro atoms. The maximum absolute atomic E-state index is 13.0. The van der Waals surface area contributed by atoms with Gasteiger partial charge in [0.1, 0.15) is 5.75 Å². The van der Waals surface area contributed by atoms with Crippen LogP contribution in [0, 0.1) is 5.92 Å². The monoisotopic (exact) mass is 491 g/mol. The number of nitrogens with zero attached hydrogens (tertiary/aromatic N) is 3. The zero-order chi connectivity index (χ0) is 25.3. The van der Waals surface area contributed by atoms with Gasteiger partial charge >= 0.3 is 6.18 Å². The standard InChI is InChI=1S/C28H24F3N3O2/c1-2-26(35)20-5-3-4-19(14-20)23-16-25(34-17-32-12-11-24(23)34)18-6-8-22(9-7-18)36-27-15-21(10-13-33-27)28(29,30)31/h2,6-13,15-17,19-20H,1,3-5,14H2. The van der Waals surface area contributed by atoms with Gasteiger partial charge in [-0.3, -0.25) is 4.79 Å². The Morgan fingerprint density at radius 2 is 1.89 bits per heavy atom. The van der Waals surface area contributed by atoms with E-state index in [0.717, 1.165) is 60.8 Å². The number of hydrogen-bond acceptors (Lipinski definition) is 4. The van der Waals surface area contributed by atoms with Gasteiger partial charge in [0, 0.05) is 24.4 Å². The zero-order valence-electron chi connectivity index (χ0n) is 19.4. The zero-order valence-corrected chi connectivity index (χ0v) is 19.4. The minimum absolute atomic E-state index is 0.00220. The minimum Gasteiger partial charge on any atom is -0.439 e. The van der Waals surface area contributed by atoms with Crippen molar-refractivity contribution in [3.8, 4) is 22.9 Å². The average molecular weight is 492 g/mol. The smallest absolute Gasteiger partial charge is 0.416 e. The van der Waals surface area contributed by atoms with E-state index < -0.39 is 11.7 Å². The highest BCUT2D eigenvalue weighted by Crippen LogP contribution is 2.41. The summed E-state index contributed by atoms with van der Waals surface area (Å²) in [6, 6.07) is 13.0. The van der Waals surface area contributed by atoms with Crippen molar-refractivity contribution >= 4 is 11.3 Å². The van der Waals surface area contributed by atoms with Crippen molar-refractivity contribution in [2.45, 2.75) is 37.8 Å². The van der Waals surface area contributed by atoms with Crippen molar-refractivity contribution in [3.63, 3.8) is 0 Å². The average Bonchev–Trinajstić information content (AvgIpc) is 3.28. The predicted octanol–water partition coefficient (Wildman–Crippen LogP) is 7.24. The van der Waals surface area contributed by atoms with Gasteiger partial charge in [0.15, 0.2) is 5.78 Å². The molecule has 36 heavy (non-hydrogen) atoms. The van der Waals surface area contributed by atoms with Crippen LogP contribution in [0.2, 0.25) is 0 Å². The van der Waals surface area contributed by atoms with Crippen molar-refractivity contribution in [2.75, 3.05) is 0 Å². The first-order chi connectivity index (χ1) is 17.3. The summed E-state index contributed by atoms with van der Waals surface area (Å²) >= 11 is 0. The topological polar surface area (TPSA) is 56.5 Å². The Kier molecular flexibility index (Phi) is 6.35. The lowest BCUT2D eigenvalue weighted by atomic mass is 9.76. The molecule has 5 rings (SSSR count). The van der Waals surface area contributed by atoms with Gasteiger partial charge in [-0.15, -0.1) is 0 Å². The summed E-state index contributed by atoms with van der Waals surface area (Å²) in [5.74, 6) is 0.618. The van der Waals surface area contributed by atoms with Crippen LogP contribution in [0.1, 0.15) is 42.7 Å². The van der Waals surface area contributed by atoms with Gasteiger partial charge in [-0.05, 0) is 84.8 Å². The highest BCUT2D eigenvalue weighted by atomic mass is 19.4. The number of ketones is 1. The normalized spacial score (nSPS) is 18.2. The molecule has 1 aliphatic carbocycles. The van der Waals surface area contributed by atoms with Gasteiger partial charge in [-0.2, -0.15) is 13.2 Å². The molecule has 3 heterocycles. The predicted molar refractivity (Wildman–Crippen MR) is 130 cm³/mol. The van der Waals surface area contributed by atoms with Gasteiger partial charge in [0.05, 0.1) is 23.1 Å². The molecule has 5 nitrogen and oxygen atoms in total. The third-order valence-corrected chi connectivity index (χ3v) is 6.76. The van der Waals surface area contributed by atoms with E-state index in [-0.39, 0.29) is 23.5 Å². The molecule has 184 valence electrons. The summed E-state index contributed by atoms with van der Waals surface area (Å²) in [6.45, 7) is 3.65. The van der Waals surface area contributed by atoms with Crippen LogP contribution >= 0.6 is 0 Å². The van der Waals surface area contributed by atoms with Crippen LogP contribution in [0.3, 0.4) is 0 Å². The molecule has 1 aliphatic rings.